The Morgan fingerprint density at radius 1 is 1.20 bits per heavy atom. The number of halogens is 1. The minimum absolute atomic E-state index is 0. The first-order valence-corrected chi connectivity index (χ1v) is 6.93. The van der Waals surface area contributed by atoms with Crippen LogP contribution in [0.5, 0.6) is 11.5 Å². The molecule has 1 aromatic rings. The third kappa shape index (κ3) is 6.98. The quantitative estimate of drug-likeness (QED) is 0.653. The maximum absolute atomic E-state index is 8.76. The zero-order chi connectivity index (χ0) is 13.9. The van der Waals surface area contributed by atoms with Crippen LogP contribution in [0, 0.1) is 0 Å². The highest BCUT2D eigenvalue weighted by Gasteiger charge is 2.05. The van der Waals surface area contributed by atoms with Crippen LogP contribution in [0.4, 0.5) is 0 Å². The van der Waals surface area contributed by atoms with Crippen LogP contribution in [-0.2, 0) is 6.54 Å². The summed E-state index contributed by atoms with van der Waals surface area (Å²) in [6.45, 7) is 4.37. The van der Waals surface area contributed by atoms with E-state index >= 15 is 0 Å². The topological polar surface area (TPSA) is 50.7 Å². The van der Waals surface area contributed by atoms with Crippen LogP contribution in [0.3, 0.4) is 0 Å². The van der Waals surface area contributed by atoms with Crippen LogP contribution >= 0.6 is 12.4 Å². The van der Waals surface area contributed by atoms with Crippen molar-refractivity contribution in [2.45, 2.75) is 32.7 Å². The molecule has 4 nitrogen and oxygen atoms in total. The summed E-state index contributed by atoms with van der Waals surface area (Å²) < 4.78 is 10.7. The average molecular weight is 304 g/mol. The Morgan fingerprint density at radius 2 is 2.00 bits per heavy atom. The van der Waals surface area contributed by atoms with E-state index in [1.807, 2.05) is 18.2 Å². The fraction of sp³-hybridized carbons (Fsp3) is 0.600. The first-order chi connectivity index (χ1) is 9.31. The molecule has 2 N–H and O–H groups in total. The molecule has 0 amide bonds. The molecule has 116 valence electrons. The van der Waals surface area contributed by atoms with Crippen molar-refractivity contribution in [2.24, 2.45) is 0 Å². The van der Waals surface area contributed by atoms with Gasteiger partial charge in [0.15, 0.2) is 11.5 Å². The zero-order valence-electron chi connectivity index (χ0n) is 12.4. The summed E-state index contributed by atoms with van der Waals surface area (Å²) in [5.41, 5.74) is 1.17. The molecule has 0 saturated carbocycles. The molecule has 0 radical (unpaired) electrons. The van der Waals surface area contributed by atoms with Gasteiger partial charge in [0.05, 0.1) is 13.7 Å². The Hall–Kier alpha value is -0.970. The number of rotatable bonds is 10. The Labute approximate surface area is 127 Å². The molecule has 0 heterocycles. The first-order valence-electron chi connectivity index (χ1n) is 6.93. The molecule has 0 fully saturated rings. The van der Waals surface area contributed by atoms with Crippen molar-refractivity contribution in [3.8, 4) is 11.5 Å². The van der Waals surface area contributed by atoms with Gasteiger partial charge in [-0.25, -0.2) is 0 Å². The summed E-state index contributed by atoms with van der Waals surface area (Å²) in [4.78, 5) is 0. The molecule has 0 aromatic heterocycles. The van der Waals surface area contributed by atoms with E-state index in [0.717, 1.165) is 13.1 Å². The third-order valence-corrected chi connectivity index (χ3v) is 2.86. The minimum atomic E-state index is 0. The molecule has 0 saturated heterocycles. The Balaban J connectivity index is 0.00000361. The number of unbranched alkanes of at least 4 members (excludes halogenated alkanes) is 2. The van der Waals surface area contributed by atoms with Gasteiger partial charge >= 0.3 is 0 Å². The van der Waals surface area contributed by atoms with E-state index < -0.39 is 0 Å². The van der Waals surface area contributed by atoms with Gasteiger partial charge in [0.2, 0.25) is 0 Å². The van der Waals surface area contributed by atoms with E-state index in [9.17, 15) is 0 Å². The van der Waals surface area contributed by atoms with Crippen LogP contribution < -0.4 is 14.8 Å². The molecule has 0 atom stereocenters. The first kappa shape index (κ1) is 19.0. The van der Waals surface area contributed by atoms with E-state index in [1.165, 1.54) is 24.8 Å². The summed E-state index contributed by atoms with van der Waals surface area (Å²) in [6.07, 6.45) is 3.72. The van der Waals surface area contributed by atoms with E-state index in [-0.39, 0.29) is 25.6 Å². The maximum atomic E-state index is 8.76. The van der Waals surface area contributed by atoms with E-state index in [1.54, 1.807) is 7.11 Å². The normalized spacial score (nSPS) is 9.95. The van der Waals surface area contributed by atoms with Gasteiger partial charge in [0.25, 0.3) is 0 Å². The van der Waals surface area contributed by atoms with Crippen LogP contribution in [0.2, 0.25) is 0 Å². The Bertz CT molecular complexity index is 361. The molecule has 0 aliphatic rings. The molecule has 1 rings (SSSR count). The van der Waals surface area contributed by atoms with Gasteiger partial charge in [-0.3, -0.25) is 0 Å². The summed E-state index contributed by atoms with van der Waals surface area (Å²) in [5, 5.41) is 12.2. The van der Waals surface area contributed by atoms with Gasteiger partial charge in [-0.05, 0) is 30.7 Å². The standard InChI is InChI=1S/C15H25NO3.ClH/c1-3-4-5-8-16-12-13-6-7-14(19-10-9-17)15(11-13)18-2;/h6-7,11,16-17H,3-5,8-10,12H2,1-2H3;1H. The highest BCUT2D eigenvalue weighted by molar-refractivity contribution is 5.85. The molecular weight excluding hydrogens is 278 g/mol. The molecule has 0 unspecified atom stereocenters. The SMILES string of the molecule is CCCCCNCc1ccc(OCCO)c(OC)c1.Cl. The van der Waals surface area contributed by atoms with Crippen molar-refractivity contribution in [1.29, 1.82) is 0 Å². The number of ether oxygens (including phenoxy) is 2. The number of nitrogens with one attached hydrogen (secondary N) is 1. The number of benzene rings is 1. The van der Waals surface area contributed by atoms with Crippen LogP contribution in [0.1, 0.15) is 31.7 Å². The van der Waals surface area contributed by atoms with Gasteiger partial charge in [0.1, 0.15) is 6.61 Å². The average Bonchev–Trinajstić information content (AvgIpc) is 2.45. The van der Waals surface area contributed by atoms with E-state index in [2.05, 4.69) is 12.2 Å². The second kappa shape index (κ2) is 11.8. The van der Waals surface area contributed by atoms with Crippen molar-refractivity contribution < 1.29 is 14.6 Å². The van der Waals surface area contributed by atoms with Crippen LogP contribution in [0.25, 0.3) is 0 Å². The molecule has 0 bridgehead atoms. The lowest BCUT2D eigenvalue weighted by molar-refractivity contribution is 0.196. The molecule has 20 heavy (non-hydrogen) atoms. The summed E-state index contributed by atoms with van der Waals surface area (Å²) in [7, 11) is 1.62. The second-order valence-corrected chi connectivity index (χ2v) is 4.44. The van der Waals surface area contributed by atoms with Gasteiger partial charge in [-0.15, -0.1) is 12.4 Å². The highest BCUT2D eigenvalue weighted by atomic mass is 35.5. The number of aliphatic hydroxyl groups excluding tert-OH is 1. The monoisotopic (exact) mass is 303 g/mol. The third-order valence-electron chi connectivity index (χ3n) is 2.86. The van der Waals surface area contributed by atoms with Crippen LogP contribution in [0.15, 0.2) is 18.2 Å². The van der Waals surface area contributed by atoms with Gasteiger partial charge in [0, 0.05) is 6.54 Å². The van der Waals surface area contributed by atoms with Crippen molar-refractivity contribution in [3.63, 3.8) is 0 Å². The number of aliphatic hydroxyl groups is 1. The summed E-state index contributed by atoms with van der Waals surface area (Å²) in [5.74, 6) is 1.38. The predicted molar refractivity (Wildman–Crippen MR) is 84.1 cm³/mol. The van der Waals surface area contributed by atoms with Crippen molar-refractivity contribution in [1.82, 2.24) is 5.32 Å². The Kier molecular flexibility index (Phi) is 11.3. The second-order valence-electron chi connectivity index (χ2n) is 4.44. The van der Waals surface area contributed by atoms with Crippen LogP contribution in [-0.4, -0.2) is 32.0 Å². The molecule has 1 aromatic carbocycles. The van der Waals surface area contributed by atoms with Gasteiger partial charge in [-0.2, -0.15) is 0 Å². The highest BCUT2D eigenvalue weighted by Crippen LogP contribution is 2.27. The van der Waals surface area contributed by atoms with Gasteiger partial charge < -0.3 is 19.9 Å². The number of methoxy groups -OCH3 is 1. The fourth-order valence-electron chi connectivity index (χ4n) is 1.83. The van der Waals surface area contributed by atoms with Crippen molar-refractivity contribution in [3.05, 3.63) is 23.8 Å². The number of hydrogen-bond acceptors (Lipinski definition) is 4. The molecule has 0 aliphatic heterocycles. The van der Waals surface area contributed by atoms with E-state index in [4.69, 9.17) is 14.6 Å². The smallest absolute Gasteiger partial charge is 0.161 e. The molecule has 5 heteroatoms. The molecular formula is C15H26ClNO3. The molecule has 0 aliphatic carbocycles. The lowest BCUT2D eigenvalue weighted by Crippen LogP contribution is -2.14. The Morgan fingerprint density at radius 3 is 2.65 bits per heavy atom. The lowest BCUT2D eigenvalue weighted by Gasteiger charge is -2.12. The van der Waals surface area contributed by atoms with Gasteiger partial charge in [-0.1, -0.05) is 25.8 Å². The summed E-state index contributed by atoms with van der Waals surface area (Å²) >= 11 is 0. The molecule has 0 spiro atoms. The largest absolute Gasteiger partial charge is 0.493 e. The fourth-order valence-corrected chi connectivity index (χ4v) is 1.83. The zero-order valence-corrected chi connectivity index (χ0v) is 13.2. The minimum Gasteiger partial charge on any atom is -0.493 e. The van der Waals surface area contributed by atoms with E-state index in [0.29, 0.717) is 11.5 Å². The lowest BCUT2D eigenvalue weighted by atomic mass is 10.2. The predicted octanol–water partition coefficient (Wildman–Crippen LogP) is 2.77. The van der Waals surface area contributed by atoms with Crippen molar-refractivity contribution >= 4 is 12.4 Å². The summed E-state index contributed by atoms with van der Waals surface area (Å²) in [6, 6.07) is 5.87. The number of hydrogen-bond donors (Lipinski definition) is 2. The maximum Gasteiger partial charge on any atom is 0.161 e. The van der Waals surface area contributed by atoms with Crippen molar-refractivity contribution in [2.75, 3.05) is 26.9 Å².